The summed E-state index contributed by atoms with van der Waals surface area (Å²) in [6, 6.07) is 12.1. The largest absolute Gasteiger partial charge is 0.382 e. The van der Waals surface area contributed by atoms with E-state index < -0.39 is 0 Å². The van der Waals surface area contributed by atoms with Gasteiger partial charge in [-0.1, -0.05) is 29.8 Å². The van der Waals surface area contributed by atoms with Crippen LogP contribution in [0, 0.1) is 0 Å². The average Bonchev–Trinajstić information content (AvgIpc) is 2.90. The van der Waals surface area contributed by atoms with Crippen molar-refractivity contribution >= 4 is 17.4 Å². The second-order valence-electron chi connectivity index (χ2n) is 5.10. The summed E-state index contributed by atoms with van der Waals surface area (Å²) < 4.78 is 0. The number of likely N-dealkylation sites (tertiary alicyclic amines) is 1. The van der Waals surface area contributed by atoms with Crippen LogP contribution in [0.4, 0.5) is 5.82 Å². The number of hydrogen-bond donors (Lipinski definition) is 1. The maximum Gasteiger partial charge on any atom is 0.146 e. The van der Waals surface area contributed by atoms with E-state index in [9.17, 15) is 0 Å². The normalized spacial score (nSPS) is 19.4. The van der Waals surface area contributed by atoms with Crippen LogP contribution in [-0.2, 0) is 6.54 Å². The van der Waals surface area contributed by atoms with Gasteiger partial charge in [-0.25, -0.2) is 0 Å². The third-order valence-electron chi connectivity index (χ3n) is 3.74. The number of hydrogen-bond acceptors (Lipinski definition) is 4. The molecular weight excluding hydrogens is 272 g/mol. The van der Waals surface area contributed by atoms with Gasteiger partial charge >= 0.3 is 0 Å². The van der Waals surface area contributed by atoms with Crippen LogP contribution in [-0.4, -0.2) is 21.6 Å². The Morgan fingerprint density at radius 2 is 2.05 bits per heavy atom. The van der Waals surface area contributed by atoms with Gasteiger partial charge in [-0.3, -0.25) is 4.90 Å². The minimum Gasteiger partial charge on any atom is -0.382 e. The molecule has 1 fully saturated rings. The lowest BCUT2D eigenvalue weighted by Crippen LogP contribution is -2.23. The van der Waals surface area contributed by atoms with Gasteiger partial charge in [-0.15, -0.1) is 5.10 Å². The van der Waals surface area contributed by atoms with Crippen LogP contribution in [0.15, 0.2) is 36.4 Å². The van der Waals surface area contributed by atoms with Crippen LogP contribution in [0.1, 0.15) is 30.1 Å². The van der Waals surface area contributed by atoms with Crippen molar-refractivity contribution in [2.75, 3.05) is 12.3 Å². The fourth-order valence-electron chi connectivity index (χ4n) is 2.73. The Labute approximate surface area is 123 Å². The predicted molar refractivity (Wildman–Crippen MR) is 80.3 cm³/mol. The van der Waals surface area contributed by atoms with Gasteiger partial charge in [0.1, 0.15) is 5.82 Å². The van der Waals surface area contributed by atoms with Crippen molar-refractivity contribution < 1.29 is 0 Å². The summed E-state index contributed by atoms with van der Waals surface area (Å²) >= 11 is 6.25. The summed E-state index contributed by atoms with van der Waals surface area (Å²) in [5, 5.41) is 9.00. The van der Waals surface area contributed by atoms with Crippen LogP contribution in [0.3, 0.4) is 0 Å². The van der Waals surface area contributed by atoms with Crippen molar-refractivity contribution in [1.29, 1.82) is 0 Å². The van der Waals surface area contributed by atoms with Gasteiger partial charge in [0.05, 0.1) is 11.7 Å². The van der Waals surface area contributed by atoms with Crippen LogP contribution < -0.4 is 5.73 Å². The Balaban J connectivity index is 1.79. The van der Waals surface area contributed by atoms with Crippen molar-refractivity contribution in [1.82, 2.24) is 15.1 Å². The monoisotopic (exact) mass is 288 g/mol. The lowest BCUT2D eigenvalue weighted by atomic mass is 10.1. The highest BCUT2D eigenvalue weighted by molar-refractivity contribution is 6.31. The molecule has 0 amide bonds. The van der Waals surface area contributed by atoms with Gasteiger partial charge < -0.3 is 5.73 Å². The van der Waals surface area contributed by atoms with Gasteiger partial charge in [0.2, 0.25) is 0 Å². The van der Waals surface area contributed by atoms with Crippen molar-refractivity contribution in [2.45, 2.75) is 25.4 Å². The lowest BCUT2D eigenvalue weighted by molar-refractivity contribution is 0.243. The summed E-state index contributed by atoms with van der Waals surface area (Å²) in [6.45, 7) is 1.90. The number of nitrogen functional groups attached to an aromatic ring is 1. The minimum atomic E-state index is 0.305. The van der Waals surface area contributed by atoms with E-state index in [-0.39, 0.29) is 0 Å². The van der Waals surface area contributed by atoms with Crippen LogP contribution in [0.25, 0.3) is 0 Å². The second kappa shape index (κ2) is 5.77. The molecular formula is C15H17ClN4. The van der Waals surface area contributed by atoms with E-state index in [4.69, 9.17) is 17.3 Å². The van der Waals surface area contributed by atoms with Crippen LogP contribution in [0.2, 0.25) is 5.02 Å². The maximum absolute atomic E-state index is 6.25. The Morgan fingerprint density at radius 1 is 1.20 bits per heavy atom. The quantitative estimate of drug-likeness (QED) is 0.943. The summed E-state index contributed by atoms with van der Waals surface area (Å²) in [7, 11) is 0. The third-order valence-corrected chi connectivity index (χ3v) is 4.11. The SMILES string of the molecule is Nc1ccc(C2CCCN2Cc2ccccc2Cl)nn1. The summed E-state index contributed by atoms with van der Waals surface area (Å²) in [5.74, 6) is 0.462. The molecule has 1 aromatic heterocycles. The molecule has 0 saturated carbocycles. The summed E-state index contributed by atoms with van der Waals surface area (Å²) in [4.78, 5) is 2.40. The highest BCUT2D eigenvalue weighted by Gasteiger charge is 2.27. The van der Waals surface area contributed by atoms with E-state index in [2.05, 4.69) is 21.2 Å². The molecule has 1 aliphatic rings. The molecule has 2 heterocycles. The van der Waals surface area contributed by atoms with E-state index in [1.807, 2.05) is 30.3 Å². The molecule has 1 aliphatic heterocycles. The first-order valence-corrected chi connectivity index (χ1v) is 7.18. The Kier molecular flexibility index (Phi) is 3.85. The smallest absolute Gasteiger partial charge is 0.146 e. The minimum absolute atomic E-state index is 0.305. The number of halogens is 1. The molecule has 3 rings (SSSR count). The average molecular weight is 289 g/mol. The topological polar surface area (TPSA) is 55.0 Å². The van der Waals surface area contributed by atoms with Gasteiger partial charge in [0, 0.05) is 11.6 Å². The number of benzene rings is 1. The van der Waals surface area contributed by atoms with Crippen molar-refractivity contribution in [3.05, 3.63) is 52.7 Å². The number of anilines is 1. The summed E-state index contributed by atoms with van der Waals surface area (Å²) in [5.41, 5.74) is 7.75. The molecule has 20 heavy (non-hydrogen) atoms. The zero-order valence-electron chi connectivity index (χ0n) is 11.2. The molecule has 0 spiro atoms. The zero-order chi connectivity index (χ0) is 13.9. The van der Waals surface area contributed by atoms with Crippen LogP contribution in [0.5, 0.6) is 0 Å². The van der Waals surface area contributed by atoms with Gasteiger partial charge in [-0.05, 0) is 43.1 Å². The maximum atomic E-state index is 6.25. The zero-order valence-corrected chi connectivity index (χ0v) is 11.9. The second-order valence-corrected chi connectivity index (χ2v) is 5.51. The van der Waals surface area contributed by atoms with Crippen molar-refractivity contribution in [2.24, 2.45) is 0 Å². The lowest BCUT2D eigenvalue weighted by Gasteiger charge is -2.24. The van der Waals surface area contributed by atoms with Gasteiger partial charge in [0.25, 0.3) is 0 Å². The molecule has 5 heteroatoms. The highest BCUT2D eigenvalue weighted by Crippen LogP contribution is 2.32. The third kappa shape index (κ3) is 2.76. The molecule has 2 N–H and O–H groups in total. The van der Waals surface area contributed by atoms with E-state index in [1.165, 1.54) is 6.42 Å². The molecule has 0 bridgehead atoms. The molecule has 104 valence electrons. The molecule has 0 aliphatic carbocycles. The molecule has 1 unspecified atom stereocenters. The number of nitrogens with two attached hydrogens (primary N) is 1. The van der Waals surface area contributed by atoms with Gasteiger partial charge in [0.15, 0.2) is 0 Å². The molecule has 2 aromatic rings. The first-order chi connectivity index (χ1) is 9.74. The highest BCUT2D eigenvalue weighted by atomic mass is 35.5. The fourth-order valence-corrected chi connectivity index (χ4v) is 2.92. The first-order valence-electron chi connectivity index (χ1n) is 6.80. The van der Waals surface area contributed by atoms with E-state index >= 15 is 0 Å². The molecule has 0 radical (unpaired) electrons. The predicted octanol–water partition coefficient (Wildman–Crippen LogP) is 3.05. The van der Waals surface area contributed by atoms with E-state index in [0.717, 1.165) is 35.8 Å². The fraction of sp³-hybridized carbons (Fsp3) is 0.333. The van der Waals surface area contributed by atoms with Gasteiger partial charge in [-0.2, -0.15) is 5.10 Å². The summed E-state index contributed by atoms with van der Waals surface area (Å²) in [6.07, 6.45) is 2.27. The van der Waals surface area contributed by atoms with E-state index in [1.54, 1.807) is 0 Å². The Hall–Kier alpha value is -1.65. The van der Waals surface area contributed by atoms with Crippen LogP contribution >= 0.6 is 11.6 Å². The van der Waals surface area contributed by atoms with Crippen molar-refractivity contribution in [3.63, 3.8) is 0 Å². The number of rotatable bonds is 3. The number of aromatic nitrogens is 2. The Morgan fingerprint density at radius 3 is 2.80 bits per heavy atom. The van der Waals surface area contributed by atoms with E-state index in [0.29, 0.717) is 11.9 Å². The molecule has 4 nitrogen and oxygen atoms in total. The number of nitrogens with zero attached hydrogens (tertiary/aromatic N) is 3. The molecule has 1 atom stereocenters. The first kappa shape index (κ1) is 13.3. The standard InChI is InChI=1S/C15H17ClN4/c16-12-5-2-1-4-11(12)10-20-9-3-6-14(20)13-7-8-15(17)19-18-13/h1-2,4-5,7-8,14H,3,6,9-10H2,(H2,17,19). The van der Waals surface area contributed by atoms with Crippen molar-refractivity contribution in [3.8, 4) is 0 Å². The molecule has 1 saturated heterocycles. The Bertz CT molecular complexity index is 585. The molecule has 1 aromatic carbocycles.